The van der Waals surface area contributed by atoms with Gasteiger partial charge in [-0.3, -0.25) is 9.59 Å². The molecule has 158 valence electrons. The number of hydrogen-bond acceptors (Lipinski definition) is 5. The van der Waals surface area contributed by atoms with Gasteiger partial charge in [0.1, 0.15) is 6.04 Å². The number of nitrogens with one attached hydrogen (secondary N) is 1. The van der Waals surface area contributed by atoms with Crippen molar-refractivity contribution >= 4 is 58.0 Å². The molecule has 0 saturated heterocycles. The lowest BCUT2D eigenvalue weighted by atomic mass is 10.1. The van der Waals surface area contributed by atoms with E-state index in [4.69, 9.17) is 23.2 Å². The Kier molecular flexibility index (Phi) is 5.95. The molecule has 1 atom stereocenters. The minimum Gasteiger partial charge on any atom is -0.478 e. The van der Waals surface area contributed by atoms with Crippen molar-refractivity contribution in [3.63, 3.8) is 0 Å². The van der Waals surface area contributed by atoms with Gasteiger partial charge in [0.25, 0.3) is 5.91 Å². The summed E-state index contributed by atoms with van der Waals surface area (Å²) in [4.78, 5) is 43.5. The van der Waals surface area contributed by atoms with Gasteiger partial charge < -0.3 is 15.3 Å². The van der Waals surface area contributed by atoms with E-state index in [-0.39, 0.29) is 35.4 Å². The van der Waals surface area contributed by atoms with Crippen molar-refractivity contribution in [2.24, 2.45) is 0 Å². The molecule has 2 amide bonds. The third-order valence-corrected chi connectivity index (χ3v) is 6.10. The zero-order valence-electron chi connectivity index (χ0n) is 15.8. The van der Waals surface area contributed by atoms with Crippen LogP contribution in [0.2, 0.25) is 10.0 Å². The van der Waals surface area contributed by atoms with Crippen LogP contribution in [-0.2, 0) is 17.8 Å². The Bertz CT molecular complexity index is 1180. The van der Waals surface area contributed by atoms with Crippen molar-refractivity contribution in [3.8, 4) is 0 Å². The first-order valence-electron chi connectivity index (χ1n) is 9.13. The molecule has 2 aromatic carbocycles. The molecule has 1 aromatic heterocycles. The Hall–Kier alpha value is -2.94. The van der Waals surface area contributed by atoms with Crippen LogP contribution in [0.4, 0.5) is 5.69 Å². The summed E-state index contributed by atoms with van der Waals surface area (Å²) in [6, 6.07) is 8.30. The van der Waals surface area contributed by atoms with Gasteiger partial charge in [-0.15, -0.1) is 11.3 Å². The smallest absolute Gasteiger partial charge is 0.337 e. The maximum atomic E-state index is 13.4. The van der Waals surface area contributed by atoms with Crippen LogP contribution >= 0.6 is 34.5 Å². The molecule has 0 unspecified atom stereocenters. The number of benzene rings is 2. The minimum absolute atomic E-state index is 0.0376. The van der Waals surface area contributed by atoms with Gasteiger partial charge in [0, 0.05) is 23.4 Å². The molecular formula is C21H15Cl2N3O4S. The van der Waals surface area contributed by atoms with E-state index >= 15 is 0 Å². The minimum atomic E-state index is -1.14. The zero-order valence-corrected chi connectivity index (χ0v) is 18.2. The number of fused-ring (bicyclic) bond motifs is 1. The van der Waals surface area contributed by atoms with Gasteiger partial charge in [-0.25, -0.2) is 9.78 Å². The quantitative estimate of drug-likeness (QED) is 0.571. The molecule has 7 nitrogen and oxygen atoms in total. The number of carboxylic acids is 1. The highest BCUT2D eigenvalue weighted by Crippen LogP contribution is 2.29. The van der Waals surface area contributed by atoms with Crippen LogP contribution < -0.4 is 5.32 Å². The first-order chi connectivity index (χ1) is 14.8. The lowest BCUT2D eigenvalue weighted by Gasteiger charge is -2.28. The summed E-state index contributed by atoms with van der Waals surface area (Å²) < 4.78 is 0. The summed E-state index contributed by atoms with van der Waals surface area (Å²) in [6.45, 7) is 0.0583. The van der Waals surface area contributed by atoms with Crippen LogP contribution in [0.1, 0.15) is 32.0 Å². The molecule has 0 aliphatic carbocycles. The van der Waals surface area contributed by atoms with E-state index in [1.165, 1.54) is 34.4 Å². The summed E-state index contributed by atoms with van der Waals surface area (Å²) in [7, 11) is 0. The van der Waals surface area contributed by atoms with Crippen molar-refractivity contribution in [3.05, 3.63) is 79.7 Å². The van der Waals surface area contributed by atoms with E-state index in [2.05, 4.69) is 10.3 Å². The van der Waals surface area contributed by atoms with E-state index in [0.717, 1.165) is 0 Å². The van der Waals surface area contributed by atoms with Gasteiger partial charge in [0.05, 0.1) is 33.0 Å². The summed E-state index contributed by atoms with van der Waals surface area (Å²) in [5.74, 6) is -1.87. The van der Waals surface area contributed by atoms with Gasteiger partial charge in [-0.1, -0.05) is 29.3 Å². The number of nitrogens with zero attached hydrogens (tertiary/aromatic N) is 2. The number of aromatic carboxylic acids is 1. The molecule has 31 heavy (non-hydrogen) atoms. The lowest BCUT2D eigenvalue weighted by molar-refractivity contribution is -0.120. The van der Waals surface area contributed by atoms with Gasteiger partial charge in [0.2, 0.25) is 5.91 Å². The SMILES string of the molecule is O=C(O)c1ccc(CN2C(=O)c3ccc(Cl)cc3NC(=O)[C@@H]2Cc2cscn2)cc1Cl. The van der Waals surface area contributed by atoms with Crippen molar-refractivity contribution in [2.45, 2.75) is 19.0 Å². The monoisotopic (exact) mass is 475 g/mol. The third-order valence-electron chi connectivity index (χ3n) is 4.91. The van der Waals surface area contributed by atoms with Crippen molar-refractivity contribution in [2.75, 3.05) is 5.32 Å². The van der Waals surface area contributed by atoms with Crippen molar-refractivity contribution < 1.29 is 19.5 Å². The number of anilines is 1. The number of aromatic nitrogens is 1. The van der Waals surface area contributed by atoms with Crippen LogP contribution in [0, 0.1) is 0 Å². The molecular weight excluding hydrogens is 461 g/mol. The molecule has 2 heterocycles. The van der Waals surface area contributed by atoms with Gasteiger partial charge >= 0.3 is 5.97 Å². The molecule has 0 fully saturated rings. The second-order valence-electron chi connectivity index (χ2n) is 6.93. The fourth-order valence-corrected chi connectivity index (χ4v) is 4.44. The predicted octanol–water partition coefficient (Wildman–Crippen LogP) is 4.35. The first-order valence-corrected chi connectivity index (χ1v) is 10.8. The highest BCUT2D eigenvalue weighted by atomic mass is 35.5. The van der Waals surface area contributed by atoms with E-state index in [0.29, 0.717) is 27.5 Å². The van der Waals surface area contributed by atoms with Crippen LogP contribution in [0.5, 0.6) is 0 Å². The summed E-state index contributed by atoms with van der Waals surface area (Å²) in [5, 5.41) is 14.3. The lowest BCUT2D eigenvalue weighted by Crippen LogP contribution is -2.46. The maximum Gasteiger partial charge on any atom is 0.337 e. The molecule has 4 rings (SSSR count). The van der Waals surface area contributed by atoms with Crippen LogP contribution in [0.25, 0.3) is 0 Å². The molecule has 1 aliphatic heterocycles. The average molecular weight is 476 g/mol. The predicted molar refractivity (Wildman–Crippen MR) is 118 cm³/mol. The van der Waals surface area contributed by atoms with E-state index in [1.807, 2.05) is 5.38 Å². The van der Waals surface area contributed by atoms with Crippen molar-refractivity contribution in [1.29, 1.82) is 0 Å². The van der Waals surface area contributed by atoms with Crippen LogP contribution in [0.15, 0.2) is 47.3 Å². The highest BCUT2D eigenvalue weighted by molar-refractivity contribution is 7.07. The number of carboxylic acid groups (broad SMARTS) is 1. The average Bonchev–Trinajstić information content (AvgIpc) is 3.20. The Morgan fingerprint density at radius 2 is 2.00 bits per heavy atom. The molecule has 3 aromatic rings. The summed E-state index contributed by atoms with van der Waals surface area (Å²) >= 11 is 13.6. The van der Waals surface area contributed by atoms with Gasteiger partial charge in [-0.05, 0) is 35.9 Å². The fraction of sp³-hybridized carbons (Fsp3) is 0.143. The van der Waals surface area contributed by atoms with E-state index < -0.39 is 12.0 Å². The Morgan fingerprint density at radius 3 is 2.68 bits per heavy atom. The van der Waals surface area contributed by atoms with E-state index in [9.17, 15) is 19.5 Å². The second-order valence-corrected chi connectivity index (χ2v) is 8.49. The molecule has 0 radical (unpaired) electrons. The van der Waals surface area contributed by atoms with Crippen LogP contribution in [-0.4, -0.2) is 38.8 Å². The number of rotatable bonds is 5. The van der Waals surface area contributed by atoms with E-state index in [1.54, 1.807) is 23.7 Å². The number of hydrogen-bond donors (Lipinski definition) is 2. The van der Waals surface area contributed by atoms with Gasteiger partial charge in [-0.2, -0.15) is 0 Å². The molecule has 2 N–H and O–H groups in total. The molecule has 0 spiro atoms. The normalized spacial score (nSPS) is 15.9. The molecule has 1 aliphatic rings. The molecule has 0 bridgehead atoms. The third kappa shape index (κ3) is 4.41. The topological polar surface area (TPSA) is 99.6 Å². The maximum absolute atomic E-state index is 13.4. The number of thiazole rings is 1. The number of amides is 2. The number of carbonyl (C=O) groups is 3. The highest BCUT2D eigenvalue weighted by Gasteiger charge is 2.36. The molecule has 0 saturated carbocycles. The second kappa shape index (κ2) is 8.66. The van der Waals surface area contributed by atoms with Crippen molar-refractivity contribution in [1.82, 2.24) is 9.88 Å². The summed E-state index contributed by atoms with van der Waals surface area (Å²) in [6.07, 6.45) is 0.226. The standard InChI is InChI=1S/C21H15Cl2N3O4S/c22-12-2-4-15-17(6-12)25-19(27)18(7-13-9-31-10-24-13)26(20(15)28)8-11-1-3-14(21(29)30)16(23)5-11/h1-6,9-10,18H,7-8H2,(H,25,27)(H,29,30)/t18-/m0/s1. The zero-order chi connectivity index (χ0) is 22.1. The number of halogens is 2. The Morgan fingerprint density at radius 1 is 1.19 bits per heavy atom. The Balaban J connectivity index is 1.74. The number of carbonyl (C=O) groups excluding carboxylic acids is 2. The Labute approximate surface area is 191 Å². The fourth-order valence-electron chi connectivity index (χ4n) is 3.41. The molecule has 10 heteroatoms. The largest absolute Gasteiger partial charge is 0.478 e. The van der Waals surface area contributed by atoms with Crippen LogP contribution in [0.3, 0.4) is 0 Å². The first kappa shape index (κ1) is 21.3. The van der Waals surface area contributed by atoms with Gasteiger partial charge in [0.15, 0.2) is 0 Å². The summed E-state index contributed by atoms with van der Waals surface area (Å²) in [5.41, 5.74) is 3.56.